The molecule has 0 fully saturated rings. The summed E-state index contributed by atoms with van der Waals surface area (Å²) in [5, 5.41) is 13.5. The van der Waals surface area contributed by atoms with Crippen LogP contribution in [0.4, 0.5) is 4.79 Å². The molecule has 0 saturated heterocycles. The van der Waals surface area contributed by atoms with E-state index in [4.69, 9.17) is 14.7 Å². The smallest absolute Gasteiger partial charge is 0.321 e. The lowest BCUT2D eigenvalue weighted by Crippen LogP contribution is -2.41. The standard InChI is InChI=1S/C15H19N3O4/c1-3-7-17-15(20)18-14(19)10-22-12-6-5-11(9-16)8-13(12)21-4-2/h5-6,8H,3-4,7,10H2,1-2H3,(H2,17,18,19,20). The van der Waals surface area contributed by atoms with E-state index in [1.807, 2.05) is 13.0 Å². The maximum Gasteiger partial charge on any atom is 0.321 e. The third kappa shape index (κ3) is 5.71. The zero-order valence-electron chi connectivity index (χ0n) is 12.6. The number of ether oxygens (including phenoxy) is 2. The van der Waals surface area contributed by atoms with Gasteiger partial charge < -0.3 is 14.8 Å². The lowest BCUT2D eigenvalue weighted by molar-refractivity contribution is -0.122. The number of nitrogens with one attached hydrogen (secondary N) is 2. The van der Waals surface area contributed by atoms with Gasteiger partial charge in [-0.05, 0) is 25.5 Å². The number of nitriles is 1. The van der Waals surface area contributed by atoms with Crippen LogP contribution in [0.25, 0.3) is 0 Å². The number of hydrogen-bond donors (Lipinski definition) is 2. The first-order chi connectivity index (χ1) is 10.6. The summed E-state index contributed by atoms with van der Waals surface area (Å²) in [5.74, 6) is 0.148. The summed E-state index contributed by atoms with van der Waals surface area (Å²) in [6.07, 6.45) is 0.779. The van der Waals surface area contributed by atoms with Crippen molar-refractivity contribution in [1.29, 1.82) is 5.26 Å². The van der Waals surface area contributed by atoms with Gasteiger partial charge in [-0.15, -0.1) is 0 Å². The largest absolute Gasteiger partial charge is 0.490 e. The normalized spacial score (nSPS) is 9.50. The lowest BCUT2D eigenvalue weighted by atomic mass is 10.2. The number of hydrogen-bond acceptors (Lipinski definition) is 5. The Labute approximate surface area is 129 Å². The summed E-state index contributed by atoms with van der Waals surface area (Å²) >= 11 is 0. The molecule has 22 heavy (non-hydrogen) atoms. The molecule has 1 aromatic carbocycles. The predicted octanol–water partition coefficient (Wildman–Crippen LogP) is 1.57. The number of imide groups is 1. The number of urea groups is 1. The molecule has 0 aliphatic heterocycles. The molecule has 118 valence electrons. The molecule has 7 heteroatoms. The van der Waals surface area contributed by atoms with E-state index in [9.17, 15) is 9.59 Å². The van der Waals surface area contributed by atoms with Gasteiger partial charge in [0.1, 0.15) is 0 Å². The fourth-order valence-corrected chi connectivity index (χ4v) is 1.55. The lowest BCUT2D eigenvalue weighted by Gasteiger charge is -2.12. The van der Waals surface area contributed by atoms with Crippen molar-refractivity contribution in [2.24, 2.45) is 0 Å². The highest BCUT2D eigenvalue weighted by molar-refractivity contribution is 5.95. The van der Waals surface area contributed by atoms with E-state index in [1.165, 1.54) is 6.07 Å². The summed E-state index contributed by atoms with van der Waals surface area (Å²) in [7, 11) is 0. The van der Waals surface area contributed by atoms with Crippen molar-refractivity contribution in [2.75, 3.05) is 19.8 Å². The van der Waals surface area contributed by atoms with Crippen LogP contribution < -0.4 is 20.1 Å². The molecule has 1 aromatic rings. The summed E-state index contributed by atoms with van der Waals surface area (Å²) in [6, 6.07) is 6.08. The minimum atomic E-state index is -0.569. The predicted molar refractivity (Wildman–Crippen MR) is 79.7 cm³/mol. The minimum absolute atomic E-state index is 0.328. The van der Waals surface area contributed by atoms with Gasteiger partial charge in [-0.2, -0.15) is 5.26 Å². The van der Waals surface area contributed by atoms with Crippen molar-refractivity contribution < 1.29 is 19.1 Å². The molecule has 0 aromatic heterocycles. The Balaban J connectivity index is 2.58. The molecule has 0 heterocycles. The molecule has 0 atom stereocenters. The van der Waals surface area contributed by atoms with Gasteiger partial charge >= 0.3 is 6.03 Å². The SMILES string of the molecule is CCCNC(=O)NC(=O)COc1ccc(C#N)cc1OCC. The molecule has 3 amide bonds. The van der Waals surface area contributed by atoms with Gasteiger partial charge in [-0.3, -0.25) is 10.1 Å². The quantitative estimate of drug-likeness (QED) is 0.796. The van der Waals surface area contributed by atoms with E-state index in [-0.39, 0.29) is 6.61 Å². The Bertz CT molecular complexity index is 566. The molecule has 0 spiro atoms. The summed E-state index contributed by atoms with van der Waals surface area (Å²) < 4.78 is 10.7. The second kappa shape index (κ2) is 9.23. The van der Waals surface area contributed by atoms with Crippen molar-refractivity contribution in [3.05, 3.63) is 23.8 Å². The zero-order chi connectivity index (χ0) is 16.4. The monoisotopic (exact) mass is 305 g/mol. The fraction of sp³-hybridized carbons (Fsp3) is 0.400. The Kier molecular flexibility index (Phi) is 7.26. The van der Waals surface area contributed by atoms with E-state index in [2.05, 4.69) is 10.6 Å². The number of carbonyl (C=O) groups is 2. The van der Waals surface area contributed by atoms with E-state index in [0.717, 1.165) is 6.42 Å². The minimum Gasteiger partial charge on any atom is -0.490 e. The van der Waals surface area contributed by atoms with Crippen LogP contribution in [0.3, 0.4) is 0 Å². The van der Waals surface area contributed by atoms with Gasteiger partial charge in [0.2, 0.25) is 0 Å². The first-order valence-corrected chi connectivity index (χ1v) is 6.98. The van der Waals surface area contributed by atoms with Gasteiger partial charge in [0.15, 0.2) is 18.1 Å². The van der Waals surface area contributed by atoms with Crippen molar-refractivity contribution in [2.45, 2.75) is 20.3 Å². The van der Waals surface area contributed by atoms with Crippen LogP contribution in [0.5, 0.6) is 11.5 Å². The second-order valence-electron chi connectivity index (χ2n) is 4.30. The maximum atomic E-state index is 11.6. The highest BCUT2D eigenvalue weighted by atomic mass is 16.5. The first-order valence-electron chi connectivity index (χ1n) is 6.98. The fourth-order valence-electron chi connectivity index (χ4n) is 1.55. The van der Waals surface area contributed by atoms with Crippen LogP contribution in [0.15, 0.2) is 18.2 Å². The molecule has 1 rings (SSSR count). The van der Waals surface area contributed by atoms with Crippen LogP contribution in [0.2, 0.25) is 0 Å². The molecule has 7 nitrogen and oxygen atoms in total. The third-order valence-electron chi connectivity index (χ3n) is 2.52. The first kappa shape index (κ1) is 17.3. The van der Waals surface area contributed by atoms with Crippen LogP contribution in [-0.4, -0.2) is 31.7 Å². The van der Waals surface area contributed by atoms with Crippen molar-refractivity contribution in [1.82, 2.24) is 10.6 Å². The average Bonchev–Trinajstić information content (AvgIpc) is 2.51. The van der Waals surface area contributed by atoms with Crippen molar-refractivity contribution in [3.63, 3.8) is 0 Å². The van der Waals surface area contributed by atoms with Gasteiger partial charge in [0.05, 0.1) is 18.2 Å². The highest BCUT2D eigenvalue weighted by Crippen LogP contribution is 2.28. The Morgan fingerprint density at radius 3 is 2.64 bits per heavy atom. The Morgan fingerprint density at radius 2 is 2.00 bits per heavy atom. The summed E-state index contributed by atoms with van der Waals surface area (Å²) in [4.78, 5) is 22.9. The van der Waals surface area contributed by atoms with Gasteiger partial charge in [-0.25, -0.2) is 4.79 Å². The van der Waals surface area contributed by atoms with Crippen LogP contribution in [0.1, 0.15) is 25.8 Å². The number of nitrogens with zero attached hydrogens (tertiary/aromatic N) is 1. The van der Waals surface area contributed by atoms with Crippen LogP contribution >= 0.6 is 0 Å². The molecule has 0 unspecified atom stereocenters. The number of amides is 3. The molecule has 0 bridgehead atoms. The molecule has 0 radical (unpaired) electrons. The summed E-state index contributed by atoms with van der Waals surface area (Å²) in [5.41, 5.74) is 0.430. The summed E-state index contributed by atoms with van der Waals surface area (Å²) in [6.45, 7) is 4.27. The molecule has 0 aliphatic rings. The molecular weight excluding hydrogens is 286 g/mol. The Hall–Kier alpha value is -2.75. The molecular formula is C15H19N3O4. The zero-order valence-corrected chi connectivity index (χ0v) is 12.6. The van der Waals surface area contributed by atoms with E-state index < -0.39 is 11.9 Å². The maximum absolute atomic E-state index is 11.6. The number of rotatable bonds is 7. The van der Waals surface area contributed by atoms with Crippen molar-refractivity contribution in [3.8, 4) is 17.6 Å². The number of carbonyl (C=O) groups excluding carboxylic acids is 2. The molecule has 0 aliphatic carbocycles. The van der Waals surface area contributed by atoms with E-state index >= 15 is 0 Å². The third-order valence-corrected chi connectivity index (χ3v) is 2.52. The highest BCUT2D eigenvalue weighted by Gasteiger charge is 2.11. The second-order valence-corrected chi connectivity index (χ2v) is 4.30. The van der Waals surface area contributed by atoms with Crippen molar-refractivity contribution >= 4 is 11.9 Å². The molecule has 0 saturated carbocycles. The van der Waals surface area contributed by atoms with E-state index in [0.29, 0.717) is 30.2 Å². The topological polar surface area (TPSA) is 100 Å². The average molecular weight is 305 g/mol. The van der Waals surface area contributed by atoms with Gasteiger partial charge in [-0.1, -0.05) is 6.92 Å². The Morgan fingerprint density at radius 1 is 1.23 bits per heavy atom. The number of benzene rings is 1. The van der Waals surface area contributed by atoms with Crippen LogP contribution in [-0.2, 0) is 4.79 Å². The molecule has 2 N–H and O–H groups in total. The van der Waals surface area contributed by atoms with Crippen LogP contribution in [0, 0.1) is 11.3 Å². The van der Waals surface area contributed by atoms with Gasteiger partial charge in [0.25, 0.3) is 5.91 Å². The van der Waals surface area contributed by atoms with E-state index in [1.54, 1.807) is 19.1 Å². The van der Waals surface area contributed by atoms with Gasteiger partial charge in [0, 0.05) is 12.6 Å².